The van der Waals surface area contributed by atoms with Crippen LogP contribution in [0.2, 0.25) is 0 Å². The van der Waals surface area contributed by atoms with Crippen LogP contribution in [0.1, 0.15) is 42.3 Å². The van der Waals surface area contributed by atoms with Crippen molar-refractivity contribution in [1.29, 1.82) is 0 Å². The molecule has 1 atom stereocenters. The molecule has 102 valence electrons. The highest BCUT2D eigenvalue weighted by molar-refractivity contribution is 9.10. The molecule has 0 aliphatic carbocycles. The first-order valence-electron chi connectivity index (χ1n) is 6.78. The topological polar surface area (TPSA) is 12.0 Å². The summed E-state index contributed by atoms with van der Waals surface area (Å²) in [4.78, 5) is 1.47. The summed E-state index contributed by atoms with van der Waals surface area (Å²) in [5.74, 6) is 0. The quantitative estimate of drug-likeness (QED) is 0.752. The molecule has 0 spiro atoms. The molecule has 0 fully saturated rings. The number of benzene rings is 1. The number of aryl methyl sites for hydroxylation is 1. The predicted octanol–water partition coefficient (Wildman–Crippen LogP) is 5.31. The number of rotatable bonds is 6. The fourth-order valence-corrected chi connectivity index (χ4v) is 3.62. The van der Waals surface area contributed by atoms with Crippen LogP contribution in [0.5, 0.6) is 0 Å². The van der Waals surface area contributed by atoms with Gasteiger partial charge in [0.05, 0.1) is 0 Å². The van der Waals surface area contributed by atoms with E-state index >= 15 is 0 Å². The zero-order valence-corrected chi connectivity index (χ0v) is 13.9. The maximum Gasteiger partial charge on any atom is 0.0321 e. The third-order valence-corrected chi connectivity index (χ3v) is 4.84. The number of halogens is 1. The largest absolute Gasteiger partial charge is 0.305 e. The van der Waals surface area contributed by atoms with E-state index in [1.54, 1.807) is 0 Å². The highest BCUT2D eigenvalue weighted by atomic mass is 79.9. The minimum Gasteiger partial charge on any atom is -0.305 e. The number of hydrogen-bond acceptors (Lipinski definition) is 2. The van der Waals surface area contributed by atoms with E-state index in [1.165, 1.54) is 16.0 Å². The third kappa shape index (κ3) is 3.91. The first-order valence-corrected chi connectivity index (χ1v) is 8.46. The molecule has 0 radical (unpaired) electrons. The summed E-state index contributed by atoms with van der Waals surface area (Å²) in [7, 11) is 0. The molecule has 1 aromatic heterocycles. The zero-order chi connectivity index (χ0) is 13.7. The summed E-state index contributed by atoms with van der Waals surface area (Å²) in [5.41, 5.74) is 2.83. The maximum atomic E-state index is 3.68. The highest BCUT2D eigenvalue weighted by Gasteiger charge is 2.10. The SMILES string of the molecule is CCc1ccsc1CNC(CC)c1cccc(Br)c1. The standard InChI is InChI=1S/C16H20BrNS/c1-3-12-8-9-19-16(12)11-18-15(4-2)13-6-5-7-14(17)10-13/h5-10,15,18H,3-4,11H2,1-2H3. The minimum absolute atomic E-state index is 0.421. The smallest absolute Gasteiger partial charge is 0.0321 e. The molecule has 0 bridgehead atoms. The molecule has 1 nitrogen and oxygen atoms in total. The summed E-state index contributed by atoms with van der Waals surface area (Å²) >= 11 is 5.40. The van der Waals surface area contributed by atoms with Gasteiger partial charge in [-0.25, -0.2) is 0 Å². The molecule has 1 heterocycles. The Morgan fingerprint density at radius 3 is 2.79 bits per heavy atom. The van der Waals surface area contributed by atoms with Gasteiger partial charge in [0.15, 0.2) is 0 Å². The van der Waals surface area contributed by atoms with E-state index in [0.29, 0.717) is 6.04 Å². The number of hydrogen-bond donors (Lipinski definition) is 1. The summed E-state index contributed by atoms with van der Waals surface area (Å²) in [6, 6.07) is 11.2. The summed E-state index contributed by atoms with van der Waals surface area (Å²) in [6.07, 6.45) is 2.22. The van der Waals surface area contributed by atoms with Gasteiger partial charge in [0.25, 0.3) is 0 Å². The van der Waals surface area contributed by atoms with Crippen molar-refractivity contribution in [2.75, 3.05) is 0 Å². The van der Waals surface area contributed by atoms with E-state index in [2.05, 4.69) is 70.8 Å². The van der Waals surface area contributed by atoms with Gasteiger partial charge in [0, 0.05) is 21.9 Å². The van der Waals surface area contributed by atoms with Crippen LogP contribution in [-0.4, -0.2) is 0 Å². The zero-order valence-electron chi connectivity index (χ0n) is 11.4. The molecule has 2 aromatic rings. The Kier molecular flexibility index (Phi) is 5.61. The molecular weight excluding hydrogens is 318 g/mol. The van der Waals surface area contributed by atoms with Gasteiger partial charge in [0.2, 0.25) is 0 Å². The molecular formula is C16H20BrNS. The Morgan fingerprint density at radius 1 is 1.26 bits per heavy atom. The van der Waals surface area contributed by atoms with Crippen molar-refractivity contribution in [3.05, 3.63) is 56.2 Å². The van der Waals surface area contributed by atoms with Gasteiger partial charge in [0.1, 0.15) is 0 Å². The normalized spacial score (nSPS) is 12.6. The first kappa shape index (κ1) is 14.8. The van der Waals surface area contributed by atoms with Crippen LogP contribution in [0, 0.1) is 0 Å². The van der Waals surface area contributed by atoms with Gasteiger partial charge in [-0.3, -0.25) is 0 Å². The lowest BCUT2D eigenvalue weighted by Gasteiger charge is -2.18. The molecule has 1 unspecified atom stereocenters. The monoisotopic (exact) mass is 337 g/mol. The Hall–Kier alpha value is -0.640. The Labute approximate surface area is 128 Å². The van der Waals surface area contributed by atoms with Crippen molar-refractivity contribution in [1.82, 2.24) is 5.32 Å². The van der Waals surface area contributed by atoms with E-state index < -0.39 is 0 Å². The number of nitrogens with one attached hydrogen (secondary N) is 1. The second-order valence-electron chi connectivity index (χ2n) is 4.62. The van der Waals surface area contributed by atoms with Gasteiger partial charge >= 0.3 is 0 Å². The summed E-state index contributed by atoms with van der Waals surface area (Å²) in [6.45, 7) is 5.41. The van der Waals surface area contributed by atoms with Gasteiger partial charge in [-0.05, 0) is 47.5 Å². The molecule has 0 amide bonds. The highest BCUT2D eigenvalue weighted by Crippen LogP contribution is 2.23. The molecule has 0 saturated carbocycles. The van der Waals surface area contributed by atoms with Crippen LogP contribution in [0.25, 0.3) is 0 Å². The Morgan fingerprint density at radius 2 is 2.11 bits per heavy atom. The fraction of sp³-hybridized carbons (Fsp3) is 0.375. The van der Waals surface area contributed by atoms with Gasteiger partial charge in [-0.1, -0.05) is 41.9 Å². The van der Waals surface area contributed by atoms with Crippen molar-refractivity contribution in [2.45, 2.75) is 39.3 Å². The molecule has 0 saturated heterocycles. The van der Waals surface area contributed by atoms with Crippen LogP contribution in [-0.2, 0) is 13.0 Å². The van der Waals surface area contributed by atoms with Crippen LogP contribution in [0.3, 0.4) is 0 Å². The van der Waals surface area contributed by atoms with Gasteiger partial charge < -0.3 is 5.32 Å². The molecule has 19 heavy (non-hydrogen) atoms. The van der Waals surface area contributed by atoms with Crippen molar-refractivity contribution >= 4 is 27.3 Å². The van der Waals surface area contributed by atoms with E-state index in [0.717, 1.165) is 23.9 Å². The van der Waals surface area contributed by atoms with Crippen molar-refractivity contribution < 1.29 is 0 Å². The molecule has 3 heteroatoms. The fourth-order valence-electron chi connectivity index (χ4n) is 2.27. The van der Waals surface area contributed by atoms with Crippen LogP contribution in [0.15, 0.2) is 40.2 Å². The van der Waals surface area contributed by atoms with Gasteiger partial charge in [-0.2, -0.15) is 0 Å². The maximum absolute atomic E-state index is 3.68. The summed E-state index contributed by atoms with van der Waals surface area (Å²) in [5, 5.41) is 5.87. The van der Waals surface area contributed by atoms with Crippen molar-refractivity contribution in [3.8, 4) is 0 Å². The van der Waals surface area contributed by atoms with E-state index in [9.17, 15) is 0 Å². The molecule has 0 aliphatic rings. The molecule has 0 aliphatic heterocycles. The third-order valence-electron chi connectivity index (χ3n) is 3.39. The van der Waals surface area contributed by atoms with E-state index in [4.69, 9.17) is 0 Å². The van der Waals surface area contributed by atoms with Crippen LogP contribution < -0.4 is 5.32 Å². The van der Waals surface area contributed by atoms with Crippen molar-refractivity contribution in [3.63, 3.8) is 0 Å². The number of thiophene rings is 1. The second-order valence-corrected chi connectivity index (χ2v) is 6.54. The summed E-state index contributed by atoms with van der Waals surface area (Å²) < 4.78 is 1.15. The Balaban J connectivity index is 2.04. The lowest BCUT2D eigenvalue weighted by atomic mass is 10.0. The molecule has 1 N–H and O–H groups in total. The lowest BCUT2D eigenvalue weighted by molar-refractivity contribution is 0.520. The molecule has 1 aromatic carbocycles. The second kappa shape index (κ2) is 7.22. The van der Waals surface area contributed by atoms with Crippen molar-refractivity contribution in [2.24, 2.45) is 0 Å². The van der Waals surface area contributed by atoms with Crippen LogP contribution >= 0.6 is 27.3 Å². The Bertz CT molecular complexity index is 521. The van der Waals surface area contributed by atoms with Gasteiger partial charge in [-0.15, -0.1) is 11.3 Å². The minimum atomic E-state index is 0.421. The average Bonchev–Trinajstić information content (AvgIpc) is 2.87. The molecule has 2 rings (SSSR count). The average molecular weight is 338 g/mol. The van der Waals surface area contributed by atoms with E-state index in [1.807, 2.05) is 11.3 Å². The van der Waals surface area contributed by atoms with Crippen LogP contribution in [0.4, 0.5) is 0 Å². The van der Waals surface area contributed by atoms with E-state index in [-0.39, 0.29) is 0 Å². The first-order chi connectivity index (χ1) is 9.24. The predicted molar refractivity (Wildman–Crippen MR) is 87.7 cm³/mol. The lowest BCUT2D eigenvalue weighted by Crippen LogP contribution is -2.20.